The van der Waals surface area contributed by atoms with Crippen molar-refractivity contribution in [1.29, 1.82) is 0 Å². The highest BCUT2D eigenvalue weighted by atomic mass is 32.1. The Balaban J connectivity index is 1.43. The van der Waals surface area contributed by atoms with Crippen LogP contribution in [0.5, 0.6) is 0 Å². The first kappa shape index (κ1) is 11.4. The maximum absolute atomic E-state index is 4.53. The maximum Gasteiger partial charge on any atom is 0.202 e. The van der Waals surface area contributed by atoms with Gasteiger partial charge in [-0.25, -0.2) is 4.98 Å². The Morgan fingerprint density at radius 2 is 2.18 bits per heavy atom. The van der Waals surface area contributed by atoms with Gasteiger partial charge in [-0.15, -0.1) is 0 Å². The molecule has 2 saturated carbocycles. The van der Waals surface area contributed by atoms with E-state index < -0.39 is 0 Å². The zero-order chi connectivity index (χ0) is 11.7. The lowest BCUT2D eigenvalue weighted by molar-refractivity contribution is 0.289. The van der Waals surface area contributed by atoms with Crippen LogP contribution in [-0.4, -0.2) is 39.9 Å². The van der Waals surface area contributed by atoms with Gasteiger partial charge in [0.05, 0.1) is 0 Å². The van der Waals surface area contributed by atoms with E-state index in [1.54, 1.807) is 0 Å². The van der Waals surface area contributed by atoms with Crippen LogP contribution in [-0.2, 0) is 0 Å². The second kappa shape index (κ2) is 4.90. The average Bonchev–Trinajstić information content (AvgIpc) is 3.24. The molecular weight excluding hydrogens is 232 g/mol. The minimum absolute atomic E-state index is 0.667. The lowest BCUT2D eigenvalue weighted by Crippen LogP contribution is -2.30. The standard InChI is InChI=1S/C12H20N4S/c1-2-16(10-5-6-10)8-7-13-12-14-11(15-17-12)9-3-4-9/h9-10H,2-8H2,1H3,(H,13,14,15). The van der Waals surface area contributed by atoms with Gasteiger partial charge in [-0.05, 0) is 32.2 Å². The SMILES string of the molecule is CCN(CCNc1nc(C2CC2)ns1)C1CC1. The Labute approximate surface area is 107 Å². The summed E-state index contributed by atoms with van der Waals surface area (Å²) < 4.78 is 4.40. The number of anilines is 1. The molecule has 2 fully saturated rings. The van der Waals surface area contributed by atoms with Crippen LogP contribution in [0.2, 0.25) is 0 Å². The monoisotopic (exact) mass is 252 g/mol. The first-order valence-electron chi connectivity index (χ1n) is 6.68. The van der Waals surface area contributed by atoms with E-state index in [-0.39, 0.29) is 0 Å². The van der Waals surface area contributed by atoms with Crippen LogP contribution >= 0.6 is 11.5 Å². The van der Waals surface area contributed by atoms with Crippen molar-refractivity contribution in [3.63, 3.8) is 0 Å². The molecule has 0 atom stereocenters. The molecule has 0 aliphatic heterocycles. The number of hydrogen-bond acceptors (Lipinski definition) is 5. The third-order valence-corrected chi connectivity index (χ3v) is 4.22. The highest BCUT2D eigenvalue weighted by Gasteiger charge is 2.28. The lowest BCUT2D eigenvalue weighted by atomic mass is 10.4. The number of hydrogen-bond donors (Lipinski definition) is 1. The van der Waals surface area contributed by atoms with Crippen molar-refractivity contribution in [2.75, 3.05) is 25.0 Å². The molecule has 4 nitrogen and oxygen atoms in total. The Morgan fingerprint density at radius 1 is 1.35 bits per heavy atom. The van der Waals surface area contributed by atoms with E-state index in [0.29, 0.717) is 5.92 Å². The van der Waals surface area contributed by atoms with Gasteiger partial charge in [0.25, 0.3) is 0 Å². The summed E-state index contributed by atoms with van der Waals surface area (Å²) in [6, 6.07) is 0.859. The molecular formula is C12H20N4S. The Morgan fingerprint density at radius 3 is 2.82 bits per heavy atom. The molecule has 2 aliphatic carbocycles. The Kier molecular flexibility index (Phi) is 3.29. The Bertz CT molecular complexity index is 370. The summed E-state index contributed by atoms with van der Waals surface area (Å²) in [5.41, 5.74) is 0. The third-order valence-electron chi connectivity index (χ3n) is 3.53. The first-order valence-corrected chi connectivity index (χ1v) is 7.45. The smallest absolute Gasteiger partial charge is 0.202 e. The third kappa shape index (κ3) is 2.96. The second-order valence-corrected chi connectivity index (χ2v) is 5.77. The number of aromatic nitrogens is 2. The zero-order valence-electron chi connectivity index (χ0n) is 10.4. The van der Waals surface area contributed by atoms with Gasteiger partial charge in [-0.3, -0.25) is 4.90 Å². The average molecular weight is 252 g/mol. The van der Waals surface area contributed by atoms with E-state index in [4.69, 9.17) is 0 Å². The molecule has 0 spiro atoms. The highest BCUT2D eigenvalue weighted by Crippen LogP contribution is 2.39. The normalized spacial score (nSPS) is 19.9. The van der Waals surface area contributed by atoms with Gasteiger partial charge < -0.3 is 5.32 Å². The summed E-state index contributed by atoms with van der Waals surface area (Å²) >= 11 is 1.51. The van der Waals surface area contributed by atoms with Gasteiger partial charge in [0.1, 0.15) is 5.82 Å². The van der Waals surface area contributed by atoms with E-state index in [0.717, 1.165) is 36.6 Å². The highest BCUT2D eigenvalue weighted by molar-refractivity contribution is 7.09. The molecule has 0 bridgehead atoms. The van der Waals surface area contributed by atoms with Gasteiger partial charge in [0, 0.05) is 36.6 Å². The largest absolute Gasteiger partial charge is 0.359 e. The molecule has 17 heavy (non-hydrogen) atoms. The Hall–Kier alpha value is -0.680. The zero-order valence-corrected chi connectivity index (χ0v) is 11.2. The van der Waals surface area contributed by atoms with Crippen LogP contribution in [0, 0.1) is 0 Å². The number of likely N-dealkylation sites (N-methyl/N-ethyl adjacent to an activating group) is 1. The second-order valence-electron chi connectivity index (χ2n) is 5.02. The van der Waals surface area contributed by atoms with Crippen molar-refractivity contribution in [1.82, 2.24) is 14.3 Å². The van der Waals surface area contributed by atoms with Crippen molar-refractivity contribution in [3.05, 3.63) is 5.82 Å². The molecule has 0 amide bonds. The van der Waals surface area contributed by atoms with Crippen molar-refractivity contribution < 1.29 is 0 Å². The predicted molar refractivity (Wildman–Crippen MR) is 70.6 cm³/mol. The number of nitrogens with one attached hydrogen (secondary N) is 1. The van der Waals surface area contributed by atoms with E-state index >= 15 is 0 Å². The van der Waals surface area contributed by atoms with Gasteiger partial charge in [-0.2, -0.15) is 4.37 Å². The summed E-state index contributed by atoms with van der Waals surface area (Å²) in [4.78, 5) is 7.08. The van der Waals surface area contributed by atoms with Crippen molar-refractivity contribution in [2.24, 2.45) is 0 Å². The van der Waals surface area contributed by atoms with E-state index in [2.05, 4.69) is 26.5 Å². The molecule has 5 heteroatoms. The summed E-state index contributed by atoms with van der Waals surface area (Å²) in [7, 11) is 0. The quantitative estimate of drug-likeness (QED) is 0.808. The predicted octanol–water partition coefficient (Wildman–Crippen LogP) is 2.31. The van der Waals surface area contributed by atoms with Crippen molar-refractivity contribution >= 4 is 16.7 Å². The van der Waals surface area contributed by atoms with Crippen molar-refractivity contribution in [2.45, 2.75) is 44.6 Å². The van der Waals surface area contributed by atoms with Gasteiger partial charge >= 0.3 is 0 Å². The molecule has 1 heterocycles. The molecule has 2 aliphatic rings. The molecule has 0 aromatic carbocycles. The molecule has 1 N–H and O–H groups in total. The van der Waals surface area contributed by atoms with Crippen molar-refractivity contribution in [3.8, 4) is 0 Å². The number of nitrogens with zero attached hydrogens (tertiary/aromatic N) is 3. The fourth-order valence-electron chi connectivity index (χ4n) is 2.16. The summed E-state index contributed by atoms with van der Waals surface area (Å²) in [6.45, 7) is 5.52. The van der Waals surface area contributed by atoms with Gasteiger partial charge in [-0.1, -0.05) is 6.92 Å². The molecule has 0 unspecified atom stereocenters. The fraction of sp³-hybridized carbons (Fsp3) is 0.833. The summed E-state index contributed by atoms with van der Waals surface area (Å²) in [5.74, 6) is 1.73. The van der Waals surface area contributed by atoms with Crippen LogP contribution in [0.4, 0.5) is 5.13 Å². The first-order chi connectivity index (χ1) is 8.36. The fourth-order valence-corrected chi connectivity index (χ4v) is 2.83. The lowest BCUT2D eigenvalue weighted by Gasteiger charge is -2.19. The van der Waals surface area contributed by atoms with Gasteiger partial charge in [0.15, 0.2) is 0 Å². The molecule has 0 saturated heterocycles. The van der Waals surface area contributed by atoms with Crippen LogP contribution in [0.25, 0.3) is 0 Å². The van der Waals surface area contributed by atoms with Crippen LogP contribution in [0.1, 0.15) is 44.3 Å². The van der Waals surface area contributed by atoms with Crippen LogP contribution in [0.15, 0.2) is 0 Å². The molecule has 1 aromatic rings. The van der Waals surface area contributed by atoms with Gasteiger partial charge in [0.2, 0.25) is 5.13 Å². The van der Waals surface area contributed by atoms with Crippen LogP contribution in [0.3, 0.4) is 0 Å². The molecule has 94 valence electrons. The van der Waals surface area contributed by atoms with Crippen LogP contribution < -0.4 is 5.32 Å². The number of rotatable bonds is 7. The topological polar surface area (TPSA) is 41.0 Å². The molecule has 1 aromatic heterocycles. The minimum Gasteiger partial charge on any atom is -0.359 e. The molecule has 0 radical (unpaired) electrons. The summed E-state index contributed by atoms with van der Waals surface area (Å²) in [5, 5.41) is 4.40. The molecule has 3 rings (SSSR count). The van der Waals surface area contributed by atoms with E-state index in [1.165, 1.54) is 37.2 Å². The van der Waals surface area contributed by atoms with E-state index in [9.17, 15) is 0 Å². The minimum atomic E-state index is 0.667. The summed E-state index contributed by atoms with van der Waals surface area (Å²) in [6.07, 6.45) is 5.33. The van der Waals surface area contributed by atoms with E-state index in [1.807, 2.05) is 0 Å². The maximum atomic E-state index is 4.53.